The number of carbonyl (C=O) groups is 1. The maximum atomic E-state index is 12.5. The molecule has 1 amide bonds. The van der Waals surface area contributed by atoms with Crippen molar-refractivity contribution in [1.29, 1.82) is 0 Å². The average Bonchev–Trinajstić information content (AvgIpc) is 3.23. The molecule has 2 unspecified atom stereocenters. The van der Waals surface area contributed by atoms with Crippen molar-refractivity contribution in [2.45, 2.75) is 32.4 Å². The first-order valence-electron chi connectivity index (χ1n) is 8.16. The summed E-state index contributed by atoms with van der Waals surface area (Å²) in [7, 11) is 3.48. The van der Waals surface area contributed by atoms with E-state index in [1.165, 1.54) is 0 Å². The van der Waals surface area contributed by atoms with Gasteiger partial charge in [0.25, 0.3) is 5.91 Å². The van der Waals surface area contributed by atoms with E-state index in [9.17, 15) is 4.79 Å². The third-order valence-corrected chi connectivity index (χ3v) is 4.48. The van der Waals surface area contributed by atoms with Gasteiger partial charge in [-0.15, -0.1) is 0 Å². The van der Waals surface area contributed by atoms with E-state index in [0.717, 1.165) is 16.8 Å². The highest BCUT2D eigenvalue weighted by Gasteiger charge is 2.31. The van der Waals surface area contributed by atoms with Gasteiger partial charge < -0.3 is 14.9 Å². The zero-order valence-electron chi connectivity index (χ0n) is 14.8. The van der Waals surface area contributed by atoms with Crippen LogP contribution in [0, 0.1) is 6.92 Å². The van der Waals surface area contributed by atoms with Crippen molar-refractivity contribution in [3.63, 3.8) is 0 Å². The van der Waals surface area contributed by atoms with Crippen LogP contribution in [0.5, 0.6) is 5.75 Å². The maximum absolute atomic E-state index is 12.5. The van der Waals surface area contributed by atoms with Gasteiger partial charge in [-0.3, -0.25) is 9.48 Å². The number of oxime groups is 1. The Morgan fingerprint density at radius 3 is 2.88 bits per heavy atom. The number of nitrogens with one attached hydrogen (secondary N) is 1. The van der Waals surface area contributed by atoms with Crippen molar-refractivity contribution in [2.24, 2.45) is 12.2 Å². The number of hydrogen-bond donors (Lipinski definition) is 1. The zero-order chi connectivity index (χ0) is 18.0. The first-order chi connectivity index (χ1) is 12.0. The Bertz CT molecular complexity index is 812. The van der Waals surface area contributed by atoms with Crippen LogP contribution < -0.4 is 10.1 Å². The Morgan fingerprint density at radius 1 is 1.44 bits per heavy atom. The predicted octanol–water partition coefficient (Wildman–Crippen LogP) is 2.11. The molecule has 0 saturated carbocycles. The van der Waals surface area contributed by atoms with Crippen LogP contribution in [0.2, 0.25) is 0 Å². The molecule has 3 rings (SSSR count). The SMILES string of the molecule is COc1ccccc1C1=NOC(C(=O)NC(C)c2cnn(C)c2C)C1. The number of aryl methyl sites for hydroxylation is 1. The van der Waals surface area contributed by atoms with E-state index in [-0.39, 0.29) is 11.9 Å². The highest BCUT2D eigenvalue weighted by atomic mass is 16.6. The highest BCUT2D eigenvalue weighted by Crippen LogP contribution is 2.25. The van der Waals surface area contributed by atoms with Crippen LogP contribution in [0.4, 0.5) is 0 Å². The molecule has 2 atom stereocenters. The Balaban J connectivity index is 1.65. The van der Waals surface area contributed by atoms with Crippen LogP contribution in [0.15, 0.2) is 35.6 Å². The molecular weight excluding hydrogens is 320 g/mol. The Morgan fingerprint density at radius 2 is 2.20 bits per heavy atom. The number of carbonyl (C=O) groups excluding carboxylic acids is 1. The molecule has 2 aromatic rings. The minimum Gasteiger partial charge on any atom is -0.496 e. The lowest BCUT2D eigenvalue weighted by molar-refractivity contribution is -0.131. The number of nitrogens with zero attached hydrogens (tertiary/aromatic N) is 3. The van der Waals surface area contributed by atoms with Crippen molar-refractivity contribution in [3.8, 4) is 5.75 Å². The fraction of sp³-hybridized carbons (Fsp3) is 0.389. The smallest absolute Gasteiger partial charge is 0.264 e. The second-order valence-electron chi connectivity index (χ2n) is 6.08. The molecule has 2 heterocycles. The predicted molar refractivity (Wildman–Crippen MR) is 93.5 cm³/mol. The molecule has 1 aliphatic rings. The van der Waals surface area contributed by atoms with Gasteiger partial charge in [-0.2, -0.15) is 5.10 Å². The Hall–Kier alpha value is -2.83. The molecule has 1 N–H and O–H groups in total. The van der Waals surface area contributed by atoms with Gasteiger partial charge in [-0.05, 0) is 26.0 Å². The summed E-state index contributed by atoms with van der Waals surface area (Å²) in [6.45, 7) is 3.90. The quantitative estimate of drug-likeness (QED) is 0.903. The monoisotopic (exact) mass is 342 g/mol. The standard InChI is InChI=1S/C18H22N4O3/c1-11(14-10-19-22(3)12(14)2)20-18(23)17-9-15(21-25-17)13-7-5-6-8-16(13)24-4/h5-8,10-11,17H,9H2,1-4H3,(H,20,23). The van der Waals surface area contributed by atoms with Crippen LogP contribution in [0.3, 0.4) is 0 Å². The maximum Gasteiger partial charge on any atom is 0.264 e. The normalized spacial score (nSPS) is 17.6. The molecule has 132 valence electrons. The molecule has 25 heavy (non-hydrogen) atoms. The number of ether oxygens (including phenoxy) is 1. The minimum atomic E-state index is -0.640. The summed E-state index contributed by atoms with van der Waals surface area (Å²) < 4.78 is 7.13. The zero-order valence-corrected chi connectivity index (χ0v) is 14.8. The second-order valence-corrected chi connectivity index (χ2v) is 6.08. The summed E-state index contributed by atoms with van der Waals surface area (Å²) in [5.41, 5.74) is 3.56. The van der Waals surface area contributed by atoms with Gasteiger partial charge in [-0.1, -0.05) is 17.3 Å². The van der Waals surface area contributed by atoms with E-state index in [1.54, 1.807) is 18.0 Å². The molecule has 7 heteroatoms. The second kappa shape index (κ2) is 6.96. The van der Waals surface area contributed by atoms with Gasteiger partial charge in [0.1, 0.15) is 5.75 Å². The molecule has 1 aromatic heterocycles. The number of methoxy groups -OCH3 is 1. The topological polar surface area (TPSA) is 77.7 Å². The molecule has 0 radical (unpaired) electrons. The number of rotatable bonds is 5. The Labute approximate surface area is 146 Å². The summed E-state index contributed by atoms with van der Waals surface area (Å²) >= 11 is 0. The van der Waals surface area contributed by atoms with Crippen LogP contribution in [-0.4, -0.2) is 34.6 Å². The van der Waals surface area contributed by atoms with E-state index >= 15 is 0 Å². The summed E-state index contributed by atoms with van der Waals surface area (Å²) in [4.78, 5) is 17.9. The molecular formula is C18H22N4O3. The van der Waals surface area contributed by atoms with Crippen molar-refractivity contribution < 1.29 is 14.4 Å². The van der Waals surface area contributed by atoms with Gasteiger partial charge in [0.05, 0.1) is 25.1 Å². The number of hydrogen-bond acceptors (Lipinski definition) is 5. The van der Waals surface area contributed by atoms with E-state index < -0.39 is 6.10 Å². The molecule has 1 aliphatic heterocycles. The first-order valence-corrected chi connectivity index (χ1v) is 8.16. The van der Waals surface area contributed by atoms with Gasteiger partial charge in [0.2, 0.25) is 6.10 Å². The number of amides is 1. The summed E-state index contributed by atoms with van der Waals surface area (Å²) in [6.07, 6.45) is 1.54. The van der Waals surface area contributed by atoms with Crippen LogP contribution in [0.1, 0.15) is 36.2 Å². The molecule has 1 aromatic carbocycles. The molecule has 0 spiro atoms. The van der Waals surface area contributed by atoms with E-state index in [2.05, 4.69) is 15.6 Å². The molecule has 7 nitrogen and oxygen atoms in total. The van der Waals surface area contributed by atoms with E-state index in [4.69, 9.17) is 9.57 Å². The number of benzene rings is 1. The summed E-state index contributed by atoms with van der Waals surface area (Å²) in [5.74, 6) is 0.523. The fourth-order valence-electron chi connectivity index (χ4n) is 2.89. The highest BCUT2D eigenvalue weighted by molar-refractivity contribution is 6.05. The summed E-state index contributed by atoms with van der Waals surface area (Å²) in [5, 5.41) is 11.3. The lowest BCUT2D eigenvalue weighted by Gasteiger charge is -2.16. The third kappa shape index (κ3) is 3.35. The molecule has 0 saturated heterocycles. The van der Waals surface area contributed by atoms with E-state index in [1.807, 2.05) is 45.2 Å². The van der Waals surface area contributed by atoms with Crippen LogP contribution in [0.25, 0.3) is 0 Å². The fourth-order valence-corrected chi connectivity index (χ4v) is 2.89. The first kappa shape index (κ1) is 17.0. The van der Waals surface area contributed by atoms with Crippen molar-refractivity contribution in [2.75, 3.05) is 7.11 Å². The van der Waals surface area contributed by atoms with Gasteiger partial charge in [0, 0.05) is 30.3 Å². The largest absolute Gasteiger partial charge is 0.496 e. The average molecular weight is 342 g/mol. The minimum absolute atomic E-state index is 0.153. The van der Waals surface area contributed by atoms with Crippen molar-refractivity contribution >= 4 is 11.6 Å². The van der Waals surface area contributed by atoms with Gasteiger partial charge in [-0.25, -0.2) is 0 Å². The Kier molecular flexibility index (Phi) is 4.74. The van der Waals surface area contributed by atoms with Crippen LogP contribution in [-0.2, 0) is 16.7 Å². The van der Waals surface area contributed by atoms with Crippen molar-refractivity contribution in [3.05, 3.63) is 47.3 Å². The van der Waals surface area contributed by atoms with Gasteiger partial charge in [0.15, 0.2) is 0 Å². The van der Waals surface area contributed by atoms with Crippen molar-refractivity contribution in [1.82, 2.24) is 15.1 Å². The van der Waals surface area contributed by atoms with Crippen LogP contribution >= 0.6 is 0 Å². The van der Waals surface area contributed by atoms with Gasteiger partial charge >= 0.3 is 0 Å². The van der Waals surface area contributed by atoms with E-state index in [0.29, 0.717) is 17.9 Å². The molecule has 0 bridgehead atoms. The lowest BCUT2D eigenvalue weighted by Crippen LogP contribution is -2.36. The number of aromatic nitrogens is 2. The third-order valence-electron chi connectivity index (χ3n) is 4.48. The molecule has 0 fully saturated rings. The number of para-hydroxylation sites is 1. The summed E-state index contributed by atoms with van der Waals surface area (Å²) in [6, 6.07) is 7.41. The molecule has 0 aliphatic carbocycles. The lowest BCUT2D eigenvalue weighted by atomic mass is 10.0.